The molecule has 0 atom stereocenters. The summed E-state index contributed by atoms with van der Waals surface area (Å²) >= 11 is 0. The summed E-state index contributed by atoms with van der Waals surface area (Å²) in [5.74, 6) is -0.414. The third kappa shape index (κ3) is 1.84. The molecule has 0 heterocycles. The summed E-state index contributed by atoms with van der Waals surface area (Å²) in [5.41, 5.74) is 5.86. The quantitative estimate of drug-likeness (QED) is 0.705. The fraction of sp³-hybridized carbons (Fsp3) is 0.300. The first-order chi connectivity index (χ1) is 6.66. The molecule has 14 heavy (non-hydrogen) atoms. The van der Waals surface area contributed by atoms with Crippen molar-refractivity contribution in [3.8, 4) is 0 Å². The molecule has 0 bridgehead atoms. The molecule has 0 saturated heterocycles. The van der Waals surface area contributed by atoms with Gasteiger partial charge in [0.25, 0.3) is 0 Å². The highest BCUT2D eigenvalue weighted by molar-refractivity contribution is 5.94. The molecule has 0 spiro atoms. The standard InChI is InChI=1S/C10H11FN2O/c11-8-5-7(3-4-9(8)12)13-10(14)6-1-2-6/h3-6H,1-2,12H2,(H,13,14). The number of amides is 1. The third-order valence-corrected chi connectivity index (χ3v) is 2.22. The minimum Gasteiger partial charge on any atom is -0.396 e. The normalized spacial score (nSPS) is 15.2. The number of benzene rings is 1. The van der Waals surface area contributed by atoms with Crippen LogP contribution in [0.25, 0.3) is 0 Å². The van der Waals surface area contributed by atoms with Crippen molar-refractivity contribution in [1.82, 2.24) is 0 Å². The van der Waals surface area contributed by atoms with E-state index in [1.54, 1.807) is 6.07 Å². The maximum absolute atomic E-state index is 13.0. The van der Waals surface area contributed by atoms with Crippen molar-refractivity contribution in [3.05, 3.63) is 24.0 Å². The van der Waals surface area contributed by atoms with Gasteiger partial charge in [0.15, 0.2) is 0 Å². The molecule has 1 fully saturated rings. The molecular formula is C10H11FN2O. The van der Waals surface area contributed by atoms with Crippen LogP contribution in [0.3, 0.4) is 0 Å². The summed E-state index contributed by atoms with van der Waals surface area (Å²) in [6.45, 7) is 0. The number of rotatable bonds is 2. The van der Waals surface area contributed by atoms with Crippen molar-refractivity contribution in [2.75, 3.05) is 11.1 Å². The molecule has 1 aromatic rings. The van der Waals surface area contributed by atoms with Crippen molar-refractivity contribution in [3.63, 3.8) is 0 Å². The maximum Gasteiger partial charge on any atom is 0.227 e. The lowest BCUT2D eigenvalue weighted by molar-refractivity contribution is -0.117. The minimum atomic E-state index is -0.501. The smallest absolute Gasteiger partial charge is 0.227 e. The Morgan fingerprint density at radius 3 is 2.79 bits per heavy atom. The number of halogens is 1. The number of nitrogens with two attached hydrogens (primary N) is 1. The highest BCUT2D eigenvalue weighted by atomic mass is 19.1. The number of anilines is 2. The van der Waals surface area contributed by atoms with Crippen molar-refractivity contribution >= 4 is 17.3 Å². The SMILES string of the molecule is Nc1ccc(NC(=O)C2CC2)cc1F. The molecule has 4 heteroatoms. The lowest BCUT2D eigenvalue weighted by Crippen LogP contribution is -2.13. The lowest BCUT2D eigenvalue weighted by atomic mass is 10.2. The Morgan fingerprint density at radius 1 is 1.50 bits per heavy atom. The van der Waals surface area contributed by atoms with Crippen molar-refractivity contribution in [1.29, 1.82) is 0 Å². The van der Waals surface area contributed by atoms with Gasteiger partial charge in [-0.25, -0.2) is 4.39 Å². The Bertz CT molecular complexity index is 374. The molecule has 0 aromatic heterocycles. The van der Waals surface area contributed by atoms with Crippen LogP contribution in [0, 0.1) is 11.7 Å². The van der Waals surface area contributed by atoms with Gasteiger partial charge in [0.1, 0.15) is 5.82 Å². The highest BCUT2D eigenvalue weighted by Crippen LogP contribution is 2.30. The number of nitrogen functional groups attached to an aromatic ring is 1. The van der Waals surface area contributed by atoms with Crippen LogP contribution in [0.5, 0.6) is 0 Å². The summed E-state index contributed by atoms with van der Waals surface area (Å²) in [6.07, 6.45) is 1.87. The molecule has 3 nitrogen and oxygen atoms in total. The van der Waals surface area contributed by atoms with E-state index in [0.29, 0.717) is 5.69 Å². The average Bonchev–Trinajstić information content (AvgIpc) is 2.94. The van der Waals surface area contributed by atoms with Crippen LogP contribution in [-0.2, 0) is 4.79 Å². The summed E-state index contributed by atoms with van der Waals surface area (Å²) in [7, 11) is 0. The van der Waals surface area contributed by atoms with Gasteiger partial charge in [-0.1, -0.05) is 0 Å². The first-order valence-corrected chi connectivity index (χ1v) is 4.52. The van der Waals surface area contributed by atoms with Gasteiger partial charge in [0.05, 0.1) is 5.69 Å². The molecule has 0 aliphatic heterocycles. The van der Waals surface area contributed by atoms with E-state index in [1.807, 2.05) is 0 Å². The summed E-state index contributed by atoms with van der Waals surface area (Å²) < 4.78 is 13.0. The molecule has 1 amide bonds. The molecule has 74 valence electrons. The van der Waals surface area contributed by atoms with Crippen LogP contribution in [-0.4, -0.2) is 5.91 Å². The first kappa shape index (κ1) is 8.99. The van der Waals surface area contributed by atoms with Gasteiger partial charge in [-0.2, -0.15) is 0 Å². The zero-order chi connectivity index (χ0) is 10.1. The number of nitrogens with one attached hydrogen (secondary N) is 1. The topological polar surface area (TPSA) is 55.1 Å². The Morgan fingerprint density at radius 2 is 2.21 bits per heavy atom. The molecule has 2 rings (SSSR count). The van der Waals surface area contributed by atoms with E-state index in [4.69, 9.17) is 5.73 Å². The number of hydrogen-bond donors (Lipinski definition) is 2. The largest absolute Gasteiger partial charge is 0.396 e. The van der Waals surface area contributed by atoms with Gasteiger partial charge >= 0.3 is 0 Å². The second-order valence-corrected chi connectivity index (χ2v) is 3.50. The van der Waals surface area contributed by atoms with Crippen molar-refractivity contribution in [2.45, 2.75) is 12.8 Å². The summed E-state index contributed by atoms with van der Waals surface area (Å²) in [5, 5.41) is 2.64. The van der Waals surface area contributed by atoms with Gasteiger partial charge in [0, 0.05) is 11.6 Å². The Kier molecular flexibility index (Phi) is 2.11. The number of carbonyl (C=O) groups excluding carboxylic acids is 1. The molecule has 0 radical (unpaired) electrons. The number of hydrogen-bond acceptors (Lipinski definition) is 2. The molecule has 0 unspecified atom stereocenters. The fourth-order valence-electron chi connectivity index (χ4n) is 1.19. The van der Waals surface area contributed by atoms with Crippen LogP contribution < -0.4 is 11.1 Å². The zero-order valence-corrected chi connectivity index (χ0v) is 7.59. The molecule has 3 N–H and O–H groups in total. The summed E-state index contributed by atoms with van der Waals surface area (Å²) in [6, 6.07) is 4.27. The van der Waals surface area contributed by atoms with Crippen LogP contribution in [0.2, 0.25) is 0 Å². The van der Waals surface area contributed by atoms with Gasteiger partial charge in [-0.05, 0) is 31.0 Å². The van der Waals surface area contributed by atoms with E-state index < -0.39 is 5.82 Å². The third-order valence-electron chi connectivity index (χ3n) is 2.22. The Balaban J connectivity index is 2.08. The van der Waals surface area contributed by atoms with Crippen LogP contribution in [0.4, 0.5) is 15.8 Å². The average molecular weight is 194 g/mol. The predicted molar refractivity (Wildman–Crippen MR) is 52.2 cm³/mol. The molecule has 1 aromatic carbocycles. The zero-order valence-electron chi connectivity index (χ0n) is 7.59. The molecule has 1 saturated carbocycles. The molecular weight excluding hydrogens is 183 g/mol. The minimum absolute atomic E-state index is 0.0332. The second kappa shape index (κ2) is 3.29. The van der Waals surface area contributed by atoms with Gasteiger partial charge < -0.3 is 11.1 Å². The second-order valence-electron chi connectivity index (χ2n) is 3.50. The predicted octanol–water partition coefficient (Wildman–Crippen LogP) is 1.76. The number of carbonyl (C=O) groups is 1. The van der Waals surface area contributed by atoms with Gasteiger partial charge in [-0.3, -0.25) is 4.79 Å². The van der Waals surface area contributed by atoms with Crippen molar-refractivity contribution in [2.24, 2.45) is 5.92 Å². The lowest BCUT2D eigenvalue weighted by Gasteiger charge is -2.04. The van der Waals surface area contributed by atoms with Gasteiger partial charge in [-0.15, -0.1) is 0 Å². The van der Waals surface area contributed by atoms with Crippen LogP contribution in [0.1, 0.15) is 12.8 Å². The molecule has 1 aliphatic carbocycles. The van der Waals surface area contributed by atoms with Crippen LogP contribution in [0.15, 0.2) is 18.2 Å². The van der Waals surface area contributed by atoms with E-state index in [1.165, 1.54) is 12.1 Å². The van der Waals surface area contributed by atoms with Gasteiger partial charge in [0.2, 0.25) is 5.91 Å². The highest BCUT2D eigenvalue weighted by Gasteiger charge is 2.29. The Hall–Kier alpha value is -1.58. The maximum atomic E-state index is 13.0. The van der Waals surface area contributed by atoms with E-state index in [2.05, 4.69) is 5.32 Å². The van der Waals surface area contributed by atoms with Crippen molar-refractivity contribution < 1.29 is 9.18 Å². The fourth-order valence-corrected chi connectivity index (χ4v) is 1.19. The van der Waals surface area contributed by atoms with E-state index in [0.717, 1.165) is 12.8 Å². The Labute approximate surface area is 81.1 Å². The van der Waals surface area contributed by atoms with Crippen LogP contribution >= 0.6 is 0 Å². The van der Waals surface area contributed by atoms with E-state index >= 15 is 0 Å². The monoisotopic (exact) mass is 194 g/mol. The summed E-state index contributed by atoms with van der Waals surface area (Å²) in [4.78, 5) is 11.3. The van der Waals surface area contributed by atoms with E-state index in [9.17, 15) is 9.18 Å². The first-order valence-electron chi connectivity index (χ1n) is 4.52. The van der Waals surface area contributed by atoms with E-state index in [-0.39, 0.29) is 17.5 Å². The molecule has 1 aliphatic rings.